The Balaban J connectivity index is 2.03. The lowest BCUT2D eigenvalue weighted by Crippen LogP contribution is -2.26. The van der Waals surface area contributed by atoms with Crippen LogP contribution in [0.4, 0.5) is 10.8 Å². The van der Waals surface area contributed by atoms with Gasteiger partial charge in [0.1, 0.15) is 10.6 Å². The number of nitrogens with two attached hydrogens (primary N) is 1. The van der Waals surface area contributed by atoms with Gasteiger partial charge in [-0.15, -0.1) is 0 Å². The van der Waals surface area contributed by atoms with E-state index in [1.807, 2.05) is 0 Å². The van der Waals surface area contributed by atoms with Gasteiger partial charge in [-0.25, -0.2) is 0 Å². The number of hydrogen-bond donors (Lipinski definition) is 3. The summed E-state index contributed by atoms with van der Waals surface area (Å²) in [6.07, 6.45) is 3.24. The second-order valence-corrected chi connectivity index (χ2v) is 5.69. The minimum atomic E-state index is -0.101. The van der Waals surface area contributed by atoms with Crippen LogP contribution in [0.1, 0.15) is 43.5 Å². The number of nitrogens with zero attached hydrogens (tertiary/aromatic N) is 1. The molecule has 0 spiro atoms. The zero-order valence-electron chi connectivity index (χ0n) is 10.8. The van der Waals surface area contributed by atoms with Gasteiger partial charge in [0.15, 0.2) is 5.82 Å². The van der Waals surface area contributed by atoms with Crippen molar-refractivity contribution >= 4 is 28.3 Å². The Kier molecular flexibility index (Phi) is 4.06. The van der Waals surface area contributed by atoms with E-state index >= 15 is 0 Å². The number of hydrogen-bond acceptors (Lipinski definition) is 5. The predicted molar refractivity (Wildman–Crippen MR) is 75.0 cm³/mol. The van der Waals surface area contributed by atoms with Crippen LogP contribution in [0.3, 0.4) is 0 Å². The number of nitrogen functional groups attached to an aromatic ring is 1. The van der Waals surface area contributed by atoms with Crippen LogP contribution < -0.4 is 16.4 Å². The van der Waals surface area contributed by atoms with E-state index in [2.05, 4.69) is 28.9 Å². The minimum Gasteiger partial charge on any atom is -0.382 e. The molecule has 0 aromatic carbocycles. The average molecular weight is 268 g/mol. The summed E-state index contributed by atoms with van der Waals surface area (Å²) in [6.45, 7) is 5.15. The molecule has 6 heteroatoms. The molecule has 1 aliphatic rings. The van der Waals surface area contributed by atoms with Crippen LogP contribution in [0.15, 0.2) is 0 Å². The fourth-order valence-corrected chi connectivity index (χ4v) is 2.26. The lowest BCUT2D eigenvalue weighted by molar-refractivity contribution is 0.0953. The highest BCUT2D eigenvalue weighted by molar-refractivity contribution is 7.11. The lowest BCUT2D eigenvalue weighted by Gasteiger charge is -2.11. The molecule has 1 atom stereocenters. The fourth-order valence-electron chi connectivity index (χ4n) is 1.54. The molecule has 1 fully saturated rings. The summed E-state index contributed by atoms with van der Waals surface area (Å²) in [6, 6.07) is 0.333. The van der Waals surface area contributed by atoms with Gasteiger partial charge in [-0.2, -0.15) is 4.37 Å². The van der Waals surface area contributed by atoms with E-state index in [1.54, 1.807) is 0 Å². The first-order valence-corrected chi connectivity index (χ1v) is 7.19. The largest absolute Gasteiger partial charge is 0.382 e. The zero-order chi connectivity index (χ0) is 13.1. The van der Waals surface area contributed by atoms with E-state index in [-0.39, 0.29) is 5.91 Å². The first-order valence-electron chi connectivity index (χ1n) is 6.41. The van der Waals surface area contributed by atoms with Gasteiger partial charge in [-0.05, 0) is 30.3 Å². The van der Waals surface area contributed by atoms with Gasteiger partial charge in [0.2, 0.25) is 0 Å². The van der Waals surface area contributed by atoms with E-state index in [9.17, 15) is 4.79 Å². The number of amides is 1. The van der Waals surface area contributed by atoms with Crippen LogP contribution >= 0.6 is 11.5 Å². The van der Waals surface area contributed by atoms with Gasteiger partial charge in [-0.3, -0.25) is 4.79 Å². The second kappa shape index (κ2) is 5.56. The van der Waals surface area contributed by atoms with E-state index in [0.29, 0.717) is 23.3 Å². The van der Waals surface area contributed by atoms with Crippen molar-refractivity contribution in [3.63, 3.8) is 0 Å². The Morgan fingerprint density at radius 3 is 2.94 bits per heavy atom. The van der Waals surface area contributed by atoms with Crippen molar-refractivity contribution in [1.82, 2.24) is 9.69 Å². The minimum absolute atomic E-state index is 0.101. The molecule has 1 saturated carbocycles. The van der Waals surface area contributed by atoms with Crippen LogP contribution in [0.25, 0.3) is 0 Å². The maximum atomic E-state index is 12.0. The van der Waals surface area contributed by atoms with Crippen molar-refractivity contribution in [1.29, 1.82) is 0 Å². The molecule has 1 aliphatic carbocycles. The van der Waals surface area contributed by atoms with Gasteiger partial charge < -0.3 is 16.4 Å². The zero-order valence-corrected chi connectivity index (χ0v) is 11.6. The summed E-state index contributed by atoms with van der Waals surface area (Å²) in [7, 11) is 0. The van der Waals surface area contributed by atoms with Crippen molar-refractivity contribution in [3.8, 4) is 0 Å². The number of aromatic nitrogens is 1. The molecule has 5 nitrogen and oxygen atoms in total. The molecule has 1 amide bonds. The first-order chi connectivity index (χ1) is 8.61. The maximum absolute atomic E-state index is 12.0. The third kappa shape index (κ3) is 3.13. The highest BCUT2D eigenvalue weighted by atomic mass is 32.1. The van der Waals surface area contributed by atoms with Gasteiger partial charge in [-0.1, -0.05) is 20.3 Å². The van der Waals surface area contributed by atoms with Crippen molar-refractivity contribution < 1.29 is 4.79 Å². The van der Waals surface area contributed by atoms with Crippen LogP contribution in [-0.4, -0.2) is 22.9 Å². The lowest BCUT2D eigenvalue weighted by atomic mass is 10.1. The topological polar surface area (TPSA) is 80.0 Å². The molecule has 0 aliphatic heterocycles. The number of nitrogens with one attached hydrogen (secondary N) is 2. The van der Waals surface area contributed by atoms with Crippen LogP contribution in [0.5, 0.6) is 0 Å². The maximum Gasteiger partial charge on any atom is 0.258 e. The molecule has 0 bridgehead atoms. The molecule has 18 heavy (non-hydrogen) atoms. The smallest absolute Gasteiger partial charge is 0.258 e. The quantitative estimate of drug-likeness (QED) is 0.738. The van der Waals surface area contributed by atoms with E-state index < -0.39 is 0 Å². The molecule has 4 N–H and O–H groups in total. The standard InChI is InChI=1S/C12H20N4OS/c1-3-7(2)6-14-12-9(10(13)16-18-12)11(17)15-8-4-5-8/h7-8,14H,3-6H2,1-2H3,(H2,13,16)(H,15,17). The predicted octanol–water partition coefficient (Wildman–Crippen LogP) is 2.08. The Morgan fingerprint density at radius 1 is 1.61 bits per heavy atom. The molecule has 1 heterocycles. The number of anilines is 2. The SMILES string of the molecule is CCC(C)CNc1snc(N)c1C(=O)NC1CC1. The molecule has 1 aromatic heterocycles. The molecule has 1 aromatic rings. The van der Waals surface area contributed by atoms with Gasteiger partial charge >= 0.3 is 0 Å². The molecule has 0 radical (unpaired) electrons. The summed E-state index contributed by atoms with van der Waals surface area (Å²) in [4.78, 5) is 12.0. The normalized spacial score (nSPS) is 16.3. The average Bonchev–Trinajstić information content (AvgIpc) is 3.08. The van der Waals surface area contributed by atoms with Gasteiger partial charge in [0.05, 0.1) is 0 Å². The van der Waals surface area contributed by atoms with E-state index in [1.165, 1.54) is 11.5 Å². The first kappa shape index (κ1) is 13.1. The number of carbonyl (C=O) groups is 1. The van der Waals surface area contributed by atoms with Gasteiger partial charge in [0, 0.05) is 12.6 Å². The molecule has 1 unspecified atom stereocenters. The van der Waals surface area contributed by atoms with Crippen molar-refractivity contribution in [3.05, 3.63) is 5.56 Å². The summed E-state index contributed by atoms with van der Waals surface area (Å²) in [5.74, 6) is 0.785. The number of rotatable bonds is 6. The Bertz CT molecular complexity index is 428. The third-order valence-corrected chi connectivity index (χ3v) is 3.99. The molecule has 100 valence electrons. The summed E-state index contributed by atoms with van der Waals surface area (Å²) < 4.78 is 4.07. The molecule has 2 rings (SSSR count). The van der Waals surface area contributed by atoms with E-state index in [4.69, 9.17) is 5.73 Å². The van der Waals surface area contributed by atoms with Crippen LogP contribution in [0.2, 0.25) is 0 Å². The van der Waals surface area contributed by atoms with Crippen LogP contribution in [0, 0.1) is 5.92 Å². The fraction of sp³-hybridized carbons (Fsp3) is 0.667. The molecular formula is C12H20N4OS. The Morgan fingerprint density at radius 2 is 2.33 bits per heavy atom. The van der Waals surface area contributed by atoms with Gasteiger partial charge in [0.25, 0.3) is 5.91 Å². The Labute approximate surface area is 111 Å². The highest BCUT2D eigenvalue weighted by Crippen LogP contribution is 2.28. The summed E-state index contributed by atoms with van der Waals surface area (Å²) in [5, 5.41) is 7.00. The van der Waals surface area contributed by atoms with Crippen LogP contribution in [-0.2, 0) is 0 Å². The summed E-state index contributed by atoms with van der Waals surface area (Å²) in [5.41, 5.74) is 6.29. The number of carbonyl (C=O) groups excluding carboxylic acids is 1. The molecular weight excluding hydrogens is 248 g/mol. The molecule has 0 saturated heterocycles. The van der Waals surface area contributed by atoms with Crippen molar-refractivity contribution in [2.45, 2.75) is 39.2 Å². The van der Waals surface area contributed by atoms with Crippen molar-refractivity contribution in [2.75, 3.05) is 17.6 Å². The monoisotopic (exact) mass is 268 g/mol. The van der Waals surface area contributed by atoms with E-state index in [0.717, 1.165) is 30.8 Å². The summed E-state index contributed by atoms with van der Waals surface area (Å²) >= 11 is 1.26. The Hall–Kier alpha value is -1.30. The second-order valence-electron chi connectivity index (χ2n) is 4.91. The third-order valence-electron chi connectivity index (χ3n) is 3.17. The highest BCUT2D eigenvalue weighted by Gasteiger charge is 2.27. The van der Waals surface area contributed by atoms with Crippen molar-refractivity contribution in [2.24, 2.45) is 5.92 Å².